The minimum Gasteiger partial charge on any atom is -0.486 e. The molecule has 0 unspecified atom stereocenters. The average Bonchev–Trinajstić information content (AvgIpc) is 2.58. The molecule has 6 heteroatoms. The Hall–Kier alpha value is -2.53. The Morgan fingerprint density at radius 1 is 1.17 bits per heavy atom. The highest BCUT2D eigenvalue weighted by atomic mass is 35.5. The fraction of sp³-hybridized carbons (Fsp3) is 0.176. The van der Waals surface area contributed by atoms with E-state index in [1.165, 1.54) is 0 Å². The molecule has 0 aliphatic carbocycles. The van der Waals surface area contributed by atoms with Crippen molar-refractivity contribution in [3.05, 3.63) is 63.7 Å². The van der Waals surface area contributed by atoms with Crippen molar-refractivity contribution in [3.8, 4) is 11.5 Å². The van der Waals surface area contributed by atoms with Gasteiger partial charge in [-0.3, -0.25) is 9.36 Å². The molecule has 0 radical (unpaired) electrons. The Bertz CT molecular complexity index is 952. The van der Waals surface area contributed by atoms with Crippen molar-refractivity contribution in [1.29, 1.82) is 0 Å². The maximum Gasteiger partial charge on any atom is 0.261 e. The highest BCUT2D eigenvalue weighted by Gasteiger charge is 2.17. The zero-order valence-corrected chi connectivity index (χ0v) is 12.9. The molecule has 3 aromatic rings. The second-order valence-electron chi connectivity index (χ2n) is 5.30. The minimum atomic E-state index is -0.0818. The highest BCUT2D eigenvalue weighted by Crippen LogP contribution is 2.38. The summed E-state index contributed by atoms with van der Waals surface area (Å²) < 4.78 is 12.6. The summed E-state index contributed by atoms with van der Waals surface area (Å²) in [5.41, 5.74) is 1.47. The van der Waals surface area contributed by atoms with Gasteiger partial charge in [-0.2, -0.15) is 0 Å². The van der Waals surface area contributed by atoms with Crippen LogP contribution < -0.4 is 15.0 Å². The summed E-state index contributed by atoms with van der Waals surface area (Å²) in [5, 5.41) is 1.08. The molecule has 4 rings (SSSR count). The van der Waals surface area contributed by atoms with Gasteiger partial charge >= 0.3 is 0 Å². The van der Waals surface area contributed by atoms with Gasteiger partial charge in [0.2, 0.25) is 0 Å². The van der Waals surface area contributed by atoms with E-state index in [2.05, 4.69) is 4.98 Å². The third-order valence-electron chi connectivity index (χ3n) is 3.74. The zero-order valence-electron chi connectivity index (χ0n) is 12.2. The molecule has 1 aliphatic heterocycles. The van der Waals surface area contributed by atoms with Gasteiger partial charge in [0.15, 0.2) is 11.5 Å². The fourth-order valence-corrected chi connectivity index (χ4v) is 2.96. The van der Waals surface area contributed by atoms with Crippen molar-refractivity contribution < 1.29 is 9.47 Å². The number of rotatable bonds is 2. The zero-order chi connectivity index (χ0) is 15.8. The van der Waals surface area contributed by atoms with Crippen molar-refractivity contribution in [2.45, 2.75) is 6.54 Å². The van der Waals surface area contributed by atoms with Gasteiger partial charge in [0.1, 0.15) is 13.2 Å². The number of fused-ring (bicyclic) bond motifs is 2. The monoisotopic (exact) mass is 328 g/mol. The number of nitrogens with zero attached hydrogens (tertiary/aromatic N) is 2. The summed E-state index contributed by atoms with van der Waals surface area (Å²) in [6.45, 7) is 1.34. The number of hydrogen-bond acceptors (Lipinski definition) is 4. The second-order valence-corrected chi connectivity index (χ2v) is 5.70. The predicted octanol–water partition coefficient (Wildman–Crippen LogP) is 2.87. The number of para-hydroxylation sites is 1. The molecule has 0 fully saturated rings. The lowest BCUT2D eigenvalue weighted by molar-refractivity contribution is 0.171. The van der Waals surface area contributed by atoms with Gasteiger partial charge in [0, 0.05) is 0 Å². The van der Waals surface area contributed by atoms with E-state index in [9.17, 15) is 4.79 Å². The van der Waals surface area contributed by atoms with Gasteiger partial charge in [-0.05, 0) is 29.8 Å². The first-order valence-corrected chi connectivity index (χ1v) is 7.62. The maximum absolute atomic E-state index is 12.5. The van der Waals surface area contributed by atoms with Crippen LogP contribution in [0.3, 0.4) is 0 Å². The van der Waals surface area contributed by atoms with E-state index in [4.69, 9.17) is 21.1 Å². The standard InChI is InChI=1S/C17H13ClN2O3/c18-13-7-11(8-15-16(13)23-6-5-22-15)9-20-10-19-14-4-2-1-3-12(14)17(20)21/h1-4,7-8,10H,5-6,9H2. The molecule has 1 aliphatic rings. The smallest absolute Gasteiger partial charge is 0.261 e. The molecule has 23 heavy (non-hydrogen) atoms. The SMILES string of the molecule is O=c1c2ccccc2ncn1Cc1cc(Cl)c2c(c1)OCCO2. The topological polar surface area (TPSA) is 53.4 Å². The molecule has 2 aromatic carbocycles. The highest BCUT2D eigenvalue weighted by molar-refractivity contribution is 6.32. The van der Waals surface area contributed by atoms with Gasteiger partial charge < -0.3 is 9.47 Å². The van der Waals surface area contributed by atoms with E-state index in [-0.39, 0.29) is 5.56 Å². The van der Waals surface area contributed by atoms with Crippen LogP contribution in [0.5, 0.6) is 11.5 Å². The Kier molecular flexibility index (Phi) is 3.42. The molecule has 0 saturated heterocycles. The number of halogens is 1. The van der Waals surface area contributed by atoms with Crippen molar-refractivity contribution in [1.82, 2.24) is 9.55 Å². The van der Waals surface area contributed by atoms with Crippen molar-refractivity contribution in [2.75, 3.05) is 13.2 Å². The summed E-state index contributed by atoms with van der Waals surface area (Å²) in [6.07, 6.45) is 1.55. The Morgan fingerprint density at radius 2 is 2.00 bits per heavy atom. The van der Waals surface area contributed by atoms with Crippen molar-refractivity contribution in [2.24, 2.45) is 0 Å². The molecule has 0 atom stereocenters. The average molecular weight is 329 g/mol. The second kappa shape index (κ2) is 5.59. The van der Waals surface area contributed by atoms with E-state index >= 15 is 0 Å². The normalized spacial score (nSPS) is 13.3. The molecular formula is C17H13ClN2O3. The van der Waals surface area contributed by atoms with E-state index in [1.807, 2.05) is 24.3 Å². The summed E-state index contributed by atoms with van der Waals surface area (Å²) in [5.74, 6) is 1.17. The lowest BCUT2D eigenvalue weighted by atomic mass is 10.2. The van der Waals surface area contributed by atoms with Crippen LogP contribution in [0.1, 0.15) is 5.56 Å². The van der Waals surface area contributed by atoms with Crippen molar-refractivity contribution in [3.63, 3.8) is 0 Å². The summed E-state index contributed by atoms with van der Waals surface area (Å²) >= 11 is 6.24. The Labute approximate surface area is 137 Å². The molecule has 0 spiro atoms. The minimum absolute atomic E-state index is 0.0818. The third kappa shape index (κ3) is 2.53. The van der Waals surface area contributed by atoms with Gasteiger partial charge in [-0.15, -0.1) is 0 Å². The molecule has 0 bridgehead atoms. The number of hydrogen-bond donors (Lipinski definition) is 0. The van der Waals surface area contributed by atoms with E-state index in [0.717, 1.165) is 5.56 Å². The van der Waals surface area contributed by atoms with Crippen LogP contribution in [0.4, 0.5) is 0 Å². The molecule has 116 valence electrons. The molecule has 5 nitrogen and oxygen atoms in total. The van der Waals surface area contributed by atoms with Crippen LogP contribution in [0.25, 0.3) is 10.9 Å². The largest absolute Gasteiger partial charge is 0.486 e. The third-order valence-corrected chi connectivity index (χ3v) is 4.02. The maximum atomic E-state index is 12.5. The van der Waals surface area contributed by atoms with E-state index < -0.39 is 0 Å². The predicted molar refractivity (Wildman–Crippen MR) is 87.5 cm³/mol. The van der Waals surface area contributed by atoms with E-state index in [0.29, 0.717) is 47.2 Å². The molecular weight excluding hydrogens is 316 g/mol. The molecule has 0 saturated carbocycles. The van der Waals surface area contributed by atoms with Crippen LogP contribution >= 0.6 is 11.6 Å². The molecule has 2 heterocycles. The summed E-state index contributed by atoms with van der Waals surface area (Å²) in [4.78, 5) is 16.9. The van der Waals surface area contributed by atoms with Gasteiger partial charge in [0.25, 0.3) is 5.56 Å². The number of ether oxygens (including phenoxy) is 2. The molecule has 0 N–H and O–H groups in total. The Morgan fingerprint density at radius 3 is 2.91 bits per heavy atom. The van der Waals surface area contributed by atoms with Crippen LogP contribution in [-0.4, -0.2) is 22.8 Å². The van der Waals surface area contributed by atoms with Gasteiger partial charge in [0.05, 0.1) is 28.8 Å². The Balaban J connectivity index is 1.75. The number of benzene rings is 2. The van der Waals surface area contributed by atoms with Crippen LogP contribution in [0.2, 0.25) is 5.02 Å². The van der Waals surface area contributed by atoms with E-state index in [1.54, 1.807) is 23.0 Å². The lowest BCUT2D eigenvalue weighted by Gasteiger charge is -2.20. The van der Waals surface area contributed by atoms with Crippen molar-refractivity contribution >= 4 is 22.5 Å². The number of aromatic nitrogens is 2. The first kappa shape index (κ1) is 14.1. The first-order chi connectivity index (χ1) is 11.2. The quantitative estimate of drug-likeness (QED) is 0.726. The first-order valence-electron chi connectivity index (χ1n) is 7.24. The van der Waals surface area contributed by atoms with Gasteiger partial charge in [-0.1, -0.05) is 23.7 Å². The summed E-state index contributed by atoms with van der Waals surface area (Å²) in [6, 6.07) is 10.9. The lowest BCUT2D eigenvalue weighted by Crippen LogP contribution is -2.21. The molecule has 1 aromatic heterocycles. The molecule has 0 amide bonds. The fourth-order valence-electron chi connectivity index (χ4n) is 2.67. The van der Waals surface area contributed by atoms with Crippen LogP contribution in [0, 0.1) is 0 Å². The summed E-state index contributed by atoms with van der Waals surface area (Å²) in [7, 11) is 0. The van der Waals surface area contributed by atoms with Crippen LogP contribution in [0.15, 0.2) is 47.5 Å². The van der Waals surface area contributed by atoms with Crippen LogP contribution in [-0.2, 0) is 6.54 Å². The van der Waals surface area contributed by atoms with Gasteiger partial charge in [-0.25, -0.2) is 4.98 Å².